The number of nitrogens with zero attached hydrogens (tertiary/aromatic N) is 7. The van der Waals surface area contributed by atoms with Crippen LogP contribution < -0.4 is 15.5 Å². The SMILES string of the molecule is Cc1sc2c(c1C)[C@H](c1ccc(Cl)cc1)NC(CC(=O)N1CCC(CN3CCN(c4ccc5c(c4)C(=O)N(C4CCC(=O)NC4=O)C5=O)CC3)CC1)c1nnc(C)n1-2. The van der Waals surface area contributed by atoms with E-state index in [9.17, 15) is 24.0 Å². The fourth-order valence-electron chi connectivity index (χ4n) is 9.29. The Morgan fingerprint density at radius 1 is 0.879 bits per heavy atom. The zero-order valence-corrected chi connectivity index (χ0v) is 34.4. The maximum Gasteiger partial charge on any atom is 0.262 e. The van der Waals surface area contributed by atoms with Gasteiger partial charge >= 0.3 is 0 Å². The van der Waals surface area contributed by atoms with Crippen molar-refractivity contribution in [3.63, 3.8) is 0 Å². The van der Waals surface area contributed by atoms with E-state index in [0.717, 1.165) is 78.4 Å². The normalized spacial score (nSPS) is 22.8. The lowest BCUT2D eigenvalue weighted by Gasteiger charge is -2.40. The van der Waals surface area contributed by atoms with Crippen molar-refractivity contribution in [2.75, 3.05) is 50.7 Å². The number of imide groups is 2. The van der Waals surface area contributed by atoms with Crippen LogP contribution in [0.15, 0.2) is 42.5 Å². The standard InChI is InChI=1S/C42H46ClN9O5S/c1-23-24(2)58-42-36(23)37(27-4-6-28(43)7-5-27)44-32(38-47-46-25(3)51(38)42)21-35(54)50-14-12-26(13-15-50)22-48-16-18-49(19-17-48)29-8-9-30-31(20-29)41(57)52(40(30)56)33-10-11-34(53)45-39(33)55/h4-9,20,26,32-33,37,44H,10-19,21-22H2,1-3H3,(H,45,53,55)/t32?,33?,37-/m0/s1. The molecule has 5 aliphatic heterocycles. The first-order chi connectivity index (χ1) is 27.9. The van der Waals surface area contributed by atoms with Crippen molar-refractivity contribution in [3.05, 3.63) is 91.8 Å². The van der Waals surface area contributed by atoms with Gasteiger partial charge in [-0.05, 0) is 87.4 Å². The molecule has 2 N–H and O–H groups in total. The predicted molar refractivity (Wildman–Crippen MR) is 218 cm³/mol. The van der Waals surface area contributed by atoms with E-state index < -0.39 is 29.7 Å². The van der Waals surface area contributed by atoms with Gasteiger partial charge < -0.3 is 9.80 Å². The fourth-order valence-corrected chi connectivity index (χ4v) is 10.7. The zero-order valence-electron chi connectivity index (χ0n) is 32.8. The monoisotopic (exact) mass is 823 g/mol. The minimum atomic E-state index is -0.981. The van der Waals surface area contributed by atoms with Crippen LogP contribution in [0, 0.1) is 26.7 Å². The Balaban J connectivity index is 0.801. The molecule has 58 heavy (non-hydrogen) atoms. The second-order valence-electron chi connectivity index (χ2n) is 16.1. The third-order valence-electron chi connectivity index (χ3n) is 12.7. The van der Waals surface area contributed by atoms with Crippen LogP contribution in [0.5, 0.6) is 0 Å². The first-order valence-corrected chi connectivity index (χ1v) is 21.3. The lowest BCUT2D eigenvalue weighted by Crippen LogP contribution is -2.54. The highest BCUT2D eigenvalue weighted by molar-refractivity contribution is 7.14. The number of thiophene rings is 1. The number of aromatic nitrogens is 3. The van der Waals surface area contributed by atoms with Crippen LogP contribution in [0.2, 0.25) is 5.02 Å². The first kappa shape index (κ1) is 38.6. The number of halogens is 1. The highest BCUT2D eigenvalue weighted by atomic mass is 35.5. The summed E-state index contributed by atoms with van der Waals surface area (Å²) in [5.74, 6) is 0.153. The summed E-state index contributed by atoms with van der Waals surface area (Å²) in [4.78, 5) is 73.7. The molecule has 3 atom stereocenters. The zero-order chi connectivity index (χ0) is 40.4. The van der Waals surface area contributed by atoms with Crippen molar-refractivity contribution in [2.45, 2.75) is 71.0 Å². The van der Waals surface area contributed by atoms with Crippen molar-refractivity contribution in [1.29, 1.82) is 0 Å². The van der Waals surface area contributed by atoms with E-state index in [1.807, 2.05) is 30.0 Å². The third-order valence-corrected chi connectivity index (χ3v) is 14.1. The lowest BCUT2D eigenvalue weighted by molar-refractivity contribution is -0.136. The number of benzene rings is 2. The van der Waals surface area contributed by atoms with Gasteiger partial charge in [-0.3, -0.25) is 49.0 Å². The fraction of sp³-hybridized carbons (Fsp3) is 0.452. The lowest BCUT2D eigenvalue weighted by atomic mass is 9.94. The summed E-state index contributed by atoms with van der Waals surface area (Å²) < 4.78 is 2.13. The summed E-state index contributed by atoms with van der Waals surface area (Å²) in [5.41, 5.74) is 4.94. The maximum atomic E-state index is 14.0. The second kappa shape index (κ2) is 15.3. The van der Waals surface area contributed by atoms with E-state index in [2.05, 4.69) is 61.2 Å². The summed E-state index contributed by atoms with van der Waals surface area (Å²) in [6.07, 6.45) is 2.37. The topological polar surface area (TPSA) is 153 Å². The predicted octanol–water partition coefficient (Wildman–Crippen LogP) is 4.49. The van der Waals surface area contributed by atoms with E-state index in [4.69, 9.17) is 11.6 Å². The van der Waals surface area contributed by atoms with Gasteiger partial charge in [-0.15, -0.1) is 21.5 Å². The molecule has 0 bridgehead atoms. The maximum absolute atomic E-state index is 14.0. The number of anilines is 1. The Morgan fingerprint density at radius 2 is 1.60 bits per heavy atom. The summed E-state index contributed by atoms with van der Waals surface area (Å²) in [5, 5.41) is 16.9. The van der Waals surface area contributed by atoms with Gasteiger partial charge in [0.1, 0.15) is 16.9 Å². The Kier molecular flexibility index (Phi) is 10.2. The molecule has 0 saturated carbocycles. The largest absolute Gasteiger partial charge is 0.369 e. The molecular weight excluding hydrogens is 778 g/mol. The molecule has 7 heterocycles. The van der Waals surface area contributed by atoms with Gasteiger partial charge in [0, 0.05) is 79.8 Å². The molecule has 2 aromatic carbocycles. The molecule has 0 spiro atoms. The molecule has 0 radical (unpaired) electrons. The minimum absolute atomic E-state index is 0.0869. The first-order valence-electron chi connectivity index (χ1n) is 20.1. The number of carbonyl (C=O) groups excluding carboxylic acids is 5. The number of amides is 5. The summed E-state index contributed by atoms with van der Waals surface area (Å²) >= 11 is 8.03. The summed E-state index contributed by atoms with van der Waals surface area (Å²) in [6, 6.07) is 11.8. The molecule has 5 aliphatic rings. The van der Waals surface area contributed by atoms with Gasteiger partial charge in [-0.25, -0.2) is 0 Å². The minimum Gasteiger partial charge on any atom is -0.369 e. The smallest absolute Gasteiger partial charge is 0.262 e. The van der Waals surface area contributed by atoms with Crippen LogP contribution in [0.1, 0.15) is 98.1 Å². The molecule has 16 heteroatoms. The highest BCUT2D eigenvalue weighted by Crippen LogP contribution is 2.43. The van der Waals surface area contributed by atoms with Gasteiger partial charge in [0.15, 0.2) is 5.82 Å². The number of aryl methyl sites for hydroxylation is 2. The van der Waals surface area contributed by atoms with Crippen LogP contribution >= 0.6 is 22.9 Å². The highest BCUT2D eigenvalue weighted by Gasteiger charge is 2.45. The van der Waals surface area contributed by atoms with Gasteiger partial charge in [-0.1, -0.05) is 23.7 Å². The number of hydrogen-bond donors (Lipinski definition) is 2. The number of rotatable bonds is 7. The van der Waals surface area contributed by atoms with Crippen molar-refractivity contribution >= 4 is 58.2 Å². The number of carbonyl (C=O) groups is 5. The average Bonchev–Trinajstić information content (AvgIpc) is 3.79. The van der Waals surface area contributed by atoms with Gasteiger partial charge in [0.05, 0.1) is 23.2 Å². The number of piperazine rings is 1. The number of fused-ring (bicyclic) bond motifs is 4. The number of hydrogen-bond acceptors (Lipinski definition) is 11. The number of likely N-dealkylation sites (tertiary alicyclic amines) is 1. The average molecular weight is 824 g/mol. The van der Waals surface area contributed by atoms with Crippen molar-refractivity contribution < 1.29 is 24.0 Å². The molecule has 302 valence electrons. The van der Waals surface area contributed by atoms with Crippen molar-refractivity contribution in [2.24, 2.45) is 5.92 Å². The van der Waals surface area contributed by atoms with Crippen molar-refractivity contribution in [3.8, 4) is 5.00 Å². The Labute approximate surface area is 345 Å². The van der Waals surface area contributed by atoms with Crippen LogP contribution in [0.3, 0.4) is 0 Å². The molecule has 2 aromatic heterocycles. The quantitative estimate of drug-likeness (QED) is 0.255. The molecular formula is C42H46ClN9O5S. The van der Waals surface area contributed by atoms with E-state index in [0.29, 0.717) is 29.6 Å². The molecule has 3 fully saturated rings. The molecule has 9 rings (SSSR count). The van der Waals surface area contributed by atoms with Gasteiger partial charge in [0.25, 0.3) is 11.8 Å². The van der Waals surface area contributed by atoms with E-state index in [-0.39, 0.29) is 42.8 Å². The Hall–Kier alpha value is -4.96. The van der Waals surface area contributed by atoms with Crippen molar-refractivity contribution in [1.82, 2.24) is 40.1 Å². The third kappa shape index (κ3) is 6.91. The molecule has 5 amide bonds. The Bertz CT molecular complexity index is 2330. The van der Waals surface area contributed by atoms with E-state index >= 15 is 0 Å². The van der Waals surface area contributed by atoms with E-state index in [1.54, 1.807) is 23.5 Å². The van der Waals surface area contributed by atoms with Crippen LogP contribution in [-0.2, 0) is 14.4 Å². The second-order valence-corrected chi connectivity index (χ2v) is 17.8. The number of nitrogens with one attached hydrogen (secondary N) is 2. The van der Waals surface area contributed by atoms with Gasteiger partial charge in [-0.2, -0.15) is 0 Å². The van der Waals surface area contributed by atoms with Crippen LogP contribution in [-0.4, -0.2) is 111 Å². The van der Waals surface area contributed by atoms with Crippen LogP contribution in [0.4, 0.5) is 5.69 Å². The van der Waals surface area contributed by atoms with Crippen LogP contribution in [0.25, 0.3) is 5.00 Å². The molecule has 4 aromatic rings. The molecule has 0 aliphatic carbocycles. The van der Waals surface area contributed by atoms with Gasteiger partial charge in [0.2, 0.25) is 17.7 Å². The molecule has 14 nitrogen and oxygen atoms in total. The Morgan fingerprint density at radius 3 is 2.33 bits per heavy atom. The molecule has 2 unspecified atom stereocenters. The van der Waals surface area contributed by atoms with E-state index in [1.165, 1.54) is 16.0 Å². The summed E-state index contributed by atoms with van der Waals surface area (Å²) in [7, 11) is 0. The number of piperidine rings is 2. The molecule has 3 saturated heterocycles. The summed E-state index contributed by atoms with van der Waals surface area (Å²) in [6.45, 7) is 11.9.